The van der Waals surface area contributed by atoms with E-state index in [4.69, 9.17) is 18.0 Å². The molecule has 1 N–H and O–H groups in total. The van der Waals surface area contributed by atoms with Gasteiger partial charge in [0, 0.05) is 24.9 Å². The summed E-state index contributed by atoms with van der Waals surface area (Å²) in [7, 11) is 0. The van der Waals surface area contributed by atoms with E-state index in [-0.39, 0.29) is 5.92 Å². The smallest absolute Gasteiger partial charge is 0.135 e. The molecule has 0 aliphatic rings. The summed E-state index contributed by atoms with van der Waals surface area (Å²) in [6.07, 6.45) is 5.82. The number of nitrogens with one attached hydrogen (secondary N) is 1. The number of aromatic nitrogens is 2. The third kappa shape index (κ3) is 3.77. The SMILES string of the molecule is C#CCCNc1cc(Cl)nc(C(C)C)n1. The van der Waals surface area contributed by atoms with Crippen LogP contribution in [0.1, 0.15) is 32.0 Å². The van der Waals surface area contributed by atoms with Gasteiger partial charge in [0.25, 0.3) is 0 Å². The van der Waals surface area contributed by atoms with Gasteiger partial charge in [-0.05, 0) is 0 Å². The minimum atomic E-state index is 0.261. The molecule has 1 aromatic heterocycles. The summed E-state index contributed by atoms with van der Waals surface area (Å²) in [6, 6.07) is 1.70. The molecule has 0 unspecified atom stereocenters. The van der Waals surface area contributed by atoms with Gasteiger partial charge in [-0.1, -0.05) is 25.4 Å². The van der Waals surface area contributed by atoms with Gasteiger partial charge in [0.2, 0.25) is 0 Å². The molecular formula is C11H14ClN3. The fourth-order valence-corrected chi connectivity index (χ4v) is 1.24. The molecule has 0 spiro atoms. The third-order valence-electron chi connectivity index (χ3n) is 1.80. The van der Waals surface area contributed by atoms with Crippen LogP contribution in [0.15, 0.2) is 6.07 Å². The van der Waals surface area contributed by atoms with Crippen molar-refractivity contribution in [3.63, 3.8) is 0 Å². The molecule has 4 heteroatoms. The average molecular weight is 224 g/mol. The van der Waals surface area contributed by atoms with Gasteiger partial charge in [-0.2, -0.15) is 0 Å². The molecule has 0 aliphatic heterocycles. The highest BCUT2D eigenvalue weighted by Gasteiger charge is 2.06. The van der Waals surface area contributed by atoms with Crippen LogP contribution in [-0.4, -0.2) is 16.5 Å². The number of nitrogens with zero attached hydrogens (tertiary/aromatic N) is 2. The normalized spacial score (nSPS) is 10.1. The Bertz CT molecular complexity index is 369. The van der Waals surface area contributed by atoms with E-state index in [1.807, 2.05) is 13.8 Å². The molecule has 3 nitrogen and oxygen atoms in total. The lowest BCUT2D eigenvalue weighted by molar-refractivity contribution is 0.774. The molecule has 80 valence electrons. The summed E-state index contributed by atoms with van der Waals surface area (Å²) in [5.41, 5.74) is 0. The Morgan fingerprint density at radius 3 is 2.87 bits per heavy atom. The molecule has 0 fully saturated rings. The van der Waals surface area contributed by atoms with E-state index in [9.17, 15) is 0 Å². The Labute approximate surface area is 95.3 Å². The van der Waals surface area contributed by atoms with Crippen LogP contribution >= 0.6 is 11.6 Å². The summed E-state index contributed by atoms with van der Waals surface area (Å²) < 4.78 is 0. The molecule has 0 amide bonds. The Balaban J connectivity index is 2.76. The highest BCUT2D eigenvalue weighted by molar-refractivity contribution is 6.29. The van der Waals surface area contributed by atoms with E-state index >= 15 is 0 Å². The van der Waals surface area contributed by atoms with E-state index in [0.29, 0.717) is 18.1 Å². The fraction of sp³-hybridized carbons (Fsp3) is 0.455. The van der Waals surface area contributed by atoms with Crippen molar-refractivity contribution < 1.29 is 0 Å². The maximum atomic E-state index is 5.88. The topological polar surface area (TPSA) is 37.8 Å². The standard InChI is InChI=1S/C11H14ClN3/c1-4-5-6-13-10-7-9(12)14-11(15-10)8(2)3/h1,7-8H,5-6H2,2-3H3,(H,13,14,15). The number of rotatable bonds is 4. The maximum absolute atomic E-state index is 5.88. The fourth-order valence-electron chi connectivity index (χ4n) is 1.05. The van der Waals surface area contributed by atoms with Crippen LogP contribution < -0.4 is 5.32 Å². The Morgan fingerprint density at radius 2 is 2.27 bits per heavy atom. The number of anilines is 1. The van der Waals surface area contributed by atoms with Crippen molar-refractivity contribution in [3.8, 4) is 12.3 Å². The van der Waals surface area contributed by atoms with Crippen molar-refractivity contribution in [2.45, 2.75) is 26.2 Å². The maximum Gasteiger partial charge on any atom is 0.135 e. The second-order valence-electron chi connectivity index (χ2n) is 3.47. The Morgan fingerprint density at radius 1 is 1.53 bits per heavy atom. The van der Waals surface area contributed by atoms with Crippen molar-refractivity contribution >= 4 is 17.4 Å². The van der Waals surface area contributed by atoms with Crippen LogP contribution in [0.2, 0.25) is 5.15 Å². The lowest BCUT2D eigenvalue weighted by Crippen LogP contribution is -2.06. The predicted molar refractivity (Wildman–Crippen MR) is 63.1 cm³/mol. The zero-order valence-electron chi connectivity index (χ0n) is 8.92. The molecule has 0 radical (unpaired) electrons. The first-order chi connectivity index (χ1) is 7.13. The molecule has 0 bridgehead atoms. The van der Waals surface area contributed by atoms with Crippen molar-refractivity contribution in [1.82, 2.24) is 9.97 Å². The van der Waals surface area contributed by atoms with Gasteiger partial charge in [-0.25, -0.2) is 9.97 Å². The number of terminal acetylenes is 1. The number of hydrogen-bond donors (Lipinski definition) is 1. The molecule has 0 atom stereocenters. The minimum absolute atomic E-state index is 0.261. The molecular weight excluding hydrogens is 210 g/mol. The summed E-state index contributed by atoms with van der Waals surface area (Å²) in [5, 5.41) is 3.56. The highest BCUT2D eigenvalue weighted by atomic mass is 35.5. The van der Waals surface area contributed by atoms with E-state index in [1.165, 1.54) is 0 Å². The van der Waals surface area contributed by atoms with Crippen molar-refractivity contribution in [3.05, 3.63) is 17.0 Å². The van der Waals surface area contributed by atoms with Gasteiger partial charge in [0.1, 0.15) is 16.8 Å². The van der Waals surface area contributed by atoms with Gasteiger partial charge in [-0.3, -0.25) is 0 Å². The molecule has 15 heavy (non-hydrogen) atoms. The van der Waals surface area contributed by atoms with Crippen molar-refractivity contribution in [1.29, 1.82) is 0 Å². The van der Waals surface area contributed by atoms with Crippen molar-refractivity contribution in [2.24, 2.45) is 0 Å². The van der Waals surface area contributed by atoms with Crippen LogP contribution in [0.4, 0.5) is 5.82 Å². The van der Waals surface area contributed by atoms with Crippen molar-refractivity contribution in [2.75, 3.05) is 11.9 Å². The minimum Gasteiger partial charge on any atom is -0.369 e. The van der Waals surface area contributed by atoms with E-state index in [0.717, 1.165) is 11.6 Å². The summed E-state index contributed by atoms with van der Waals surface area (Å²) in [4.78, 5) is 8.47. The summed E-state index contributed by atoms with van der Waals surface area (Å²) >= 11 is 5.88. The zero-order valence-corrected chi connectivity index (χ0v) is 9.67. The quantitative estimate of drug-likeness (QED) is 0.485. The molecule has 1 rings (SSSR count). The molecule has 0 aromatic carbocycles. The first-order valence-electron chi connectivity index (χ1n) is 4.85. The molecule has 0 saturated carbocycles. The van der Waals surface area contributed by atoms with Gasteiger partial charge in [0.15, 0.2) is 0 Å². The third-order valence-corrected chi connectivity index (χ3v) is 2.00. The van der Waals surface area contributed by atoms with Crippen LogP contribution in [0.25, 0.3) is 0 Å². The number of hydrogen-bond acceptors (Lipinski definition) is 3. The second-order valence-corrected chi connectivity index (χ2v) is 3.86. The largest absolute Gasteiger partial charge is 0.369 e. The zero-order chi connectivity index (χ0) is 11.3. The summed E-state index contributed by atoms with van der Waals surface area (Å²) in [5.74, 6) is 4.28. The lowest BCUT2D eigenvalue weighted by atomic mass is 10.2. The van der Waals surface area contributed by atoms with E-state index in [1.54, 1.807) is 6.07 Å². The van der Waals surface area contributed by atoms with E-state index in [2.05, 4.69) is 21.2 Å². The van der Waals surface area contributed by atoms with Gasteiger partial charge < -0.3 is 5.32 Å². The Hall–Kier alpha value is -1.27. The van der Waals surface area contributed by atoms with Crippen LogP contribution in [0.5, 0.6) is 0 Å². The van der Waals surface area contributed by atoms with Gasteiger partial charge >= 0.3 is 0 Å². The summed E-state index contributed by atoms with van der Waals surface area (Å²) in [6.45, 7) is 4.75. The second kappa shape index (κ2) is 5.57. The van der Waals surface area contributed by atoms with E-state index < -0.39 is 0 Å². The average Bonchev–Trinajstić information content (AvgIpc) is 2.17. The number of halogens is 1. The lowest BCUT2D eigenvalue weighted by Gasteiger charge is -2.08. The molecule has 0 aliphatic carbocycles. The predicted octanol–water partition coefficient (Wildman–Crippen LogP) is 2.69. The van der Waals surface area contributed by atoms with Crippen LogP contribution in [0.3, 0.4) is 0 Å². The molecule has 1 heterocycles. The first-order valence-corrected chi connectivity index (χ1v) is 5.23. The van der Waals surface area contributed by atoms with Crippen LogP contribution in [-0.2, 0) is 0 Å². The first kappa shape index (κ1) is 11.8. The van der Waals surface area contributed by atoms with Gasteiger partial charge in [0.05, 0.1) is 0 Å². The molecule has 0 saturated heterocycles. The van der Waals surface area contributed by atoms with Gasteiger partial charge in [-0.15, -0.1) is 12.3 Å². The Kier molecular flexibility index (Phi) is 4.38. The van der Waals surface area contributed by atoms with Crippen LogP contribution in [0, 0.1) is 12.3 Å². The monoisotopic (exact) mass is 223 g/mol. The highest BCUT2D eigenvalue weighted by Crippen LogP contribution is 2.16. The molecule has 1 aromatic rings.